The SMILES string of the molecule is CSCC(C)CNC1CCCc2sc(I)cc21. The molecule has 1 aromatic heterocycles. The average Bonchev–Trinajstić information content (AvgIpc) is 2.67. The molecule has 1 nitrogen and oxygen atoms in total. The minimum absolute atomic E-state index is 0.614. The van der Waals surface area contributed by atoms with E-state index in [0.29, 0.717) is 6.04 Å². The van der Waals surface area contributed by atoms with E-state index in [9.17, 15) is 0 Å². The molecular weight excluding hydrogens is 361 g/mol. The summed E-state index contributed by atoms with van der Waals surface area (Å²) < 4.78 is 1.44. The smallest absolute Gasteiger partial charge is 0.0659 e. The van der Waals surface area contributed by atoms with Crippen LogP contribution in [0.2, 0.25) is 0 Å². The fourth-order valence-corrected chi connectivity index (χ4v) is 5.23. The summed E-state index contributed by atoms with van der Waals surface area (Å²) in [5.74, 6) is 2.03. The van der Waals surface area contributed by atoms with Crippen molar-refractivity contribution in [1.82, 2.24) is 5.32 Å². The highest BCUT2D eigenvalue weighted by Crippen LogP contribution is 2.36. The van der Waals surface area contributed by atoms with Gasteiger partial charge in [-0.2, -0.15) is 11.8 Å². The average molecular weight is 381 g/mol. The first-order valence-electron chi connectivity index (χ1n) is 6.21. The fraction of sp³-hybridized carbons (Fsp3) is 0.692. The summed E-state index contributed by atoms with van der Waals surface area (Å²) in [6.07, 6.45) is 6.14. The van der Waals surface area contributed by atoms with Crippen molar-refractivity contribution in [1.29, 1.82) is 0 Å². The van der Waals surface area contributed by atoms with Crippen molar-refractivity contribution in [3.63, 3.8) is 0 Å². The maximum Gasteiger partial charge on any atom is 0.0659 e. The van der Waals surface area contributed by atoms with Crippen LogP contribution in [0, 0.1) is 8.80 Å². The maximum absolute atomic E-state index is 3.77. The van der Waals surface area contributed by atoms with E-state index in [1.807, 2.05) is 23.1 Å². The lowest BCUT2D eigenvalue weighted by molar-refractivity contribution is 0.432. The molecule has 2 unspecified atom stereocenters. The molecule has 0 aliphatic heterocycles. The number of hydrogen-bond donors (Lipinski definition) is 1. The molecule has 1 aliphatic rings. The molecule has 0 radical (unpaired) electrons. The van der Waals surface area contributed by atoms with E-state index in [4.69, 9.17) is 0 Å². The third-order valence-corrected chi connectivity index (χ3v) is 6.12. The molecule has 2 atom stereocenters. The van der Waals surface area contributed by atoms with Crippen molar-refractivity contribution in [3.05, 3.63) is 19.4 Å². The topological polar surface area (TPSA) is 12.0 Å². The summed E-state index contributed by atoms with van der Waals surface area (Å²) in [6, 6.07) is 3.00. The van der Waals surface area contributed by atoms with E-state index >= 15 is 0 Å². The van der Waals surface area contributed by atoms with Crippen LogP contribution in [-0.2, 0) is 6.42 Å². The largest absolute Gasteiger partial charge is 0.310 e. The van der Waals surface area contributed by atoms with Gasteiger partial charge in [-0.1, -0.05) is 6.92 Å². The van der Waals surface area contributed by atoms with Gasteiger partial charge in [0.25, 0.3) is 0 Å². The van der Waals surface area contributed by atoms with Crippen molar-refractivity contribution in [2.75, 3.05) is 18.6 Å². The highest BCUT2D eigenvalue weighted by Gasteiger charge is 2.22. The van der Waals surface area contributed by atoms with Crippen LogP contribution in [0.15, 0.2) is 6.07 Å². The second-order valence-electron chi connectivity index (χ2n) is 4.84. The maximum atomic E-state index is 3.77. The Balaban J connectivity index is 1.94. The number of halogens is 1. The van der Waals surface area contributed by atoms with Crippen LogP contribution in [-0.4, -0.2) is 18.6 Å². The normalized spacial score (nSPS) is 21.2. The Morgan fingerprint density at radius 3 is 3.24 bits per heavy atom. The summed E-state index contributed by atoms with van der Waals surface area (Å²) in [5, 5.41) is 3.77. The van der Waals surface area contributed by atoms with Crippen LogP contribution in [0.4, 0.5) is 0 Å². The van der Waals surface area contributed by atoms with Crippen molar-refractivity contribution in [3.8, 4) is 0 Å². The summed E-state index contributed by atoms with van der Waals surface area (Å²) >= 11 is 6.38. The lowest BCUT2D eigenvalue weighted by Crippen LogP contribution is -2.29. The molecule has 0 amide bonds. The molecular formula is C13H20INS2. The molecule has 96 valence electrons. The Bertz CT molecular complexity index is 364. The van der Waals surface area contributed by atoms with E-state index in [0.717, 1.165) is 12.5 Å². The zero-order chi connectivity index (χ0) is 12.3. The van der Waals surface area contributed by atoms with Crippen LogP contribution in [0.5, 0.6) is 0 Å². The second-order valence-corrected chi connectivity index (χ2v) is 8.78. The zero-order valence-corrected chi connectivity index (χ0v) is 14.3. The third-order valence-electron chi connectivity index (χ3n) is 3.25. The van der Waals surface area contributed by atoms with Crippen molar-refractivity contribution in [2.24, 2.45) is 5.92 Å². The number of nitrogens with one attached hydrogen (secondary N) is 1. The van der Waals surface area contributed by atoms with Gasteiger partial charge in [0.05, 0.1) is 2.88 Å². The van der Waals surface area contributed by atoms with E-state index in [2.05, 4.69) is 47.2 Å². The number of thioether (sulfide) groups is 1. The summed E-state index contributed by atoms with van der Waals surface area (Å²) in [6.45, 7) is 3.49. The predicted octanol–water partition coefficient (Wildman–Crippen LogP) is 4.32. The van der Waals surface area contributed by atoms with Gasteiger partial charge in [-0.05, 0) is 78.0 Å². The fourth-order valence-electron chi connectivity index (χ4n) is 2.42. The molecule has 0 saturated heterocycles. The van der Waals surface area contributed by atoms with Gasteiger partial charge in [0.2, 0.25) is 0 Å². The molecule has 1 aromatic rings. The molecule has 2 rings (SSSR count). The number of fused-ring (bicyclic) bond motifs is 1. The molecule has 1 N–H and O–H groups in total. The van der Waals surface area contributed by atoms with Gasteiger partial charge in [0, 0.05) is 10.9 Å². The van der Waals surface area contributed by atoms with Gasteiger partial charge in [-0.15, -0.1) is 11.3 Å². The predicted molar refractivity (Wildman–Crippen MR) is 88.3 cm³/mol. The molecule has 17 heavy (non-hydrogen) atoms. The van der Waals surface area contributed by atoms with E-state index in [1.54, 1.807) is 10.4 Å². The standard InChI is InChI=1S/C13H20INS2/c1-9(8-16-2)7-15-11-4-3-5-12-10(11)6-13(14)17-12/h6,9,11,15H,3-5,7-8H2,1-2H3. The molecule has 0 aromatic carbocycles. The first-order valence-corrected chi connectivity index (χ1v) is 9.50. The van der Waals surface area contributed by atoms with Crippen LogP contribution < -0.4 is 5.32 Å². The highest BCUT2D eigenvalue weighted by molar-refractivity contribution is 14.1. The summed E-state index contributed by atoms with van der Waals surface area (Å²) in [5.41, 5.74) is 1.59. The van der Waals surface area contributed by atoms with E-state index < -0.39 is 0 Å². The lowest BCUT2D eigenvalue weighted by Gasteiger charge is -2.25. The molecule has 4 heteroatoms. The minimum Gasteiger partial charge on any atom is -0.310 e. The van der Waals surface area contributed by atoms with Crippen LogP contribution >= 0.6 is 45.7 Å². The van der Waals surface area contributed by atoms with Crippen molar-refractivity contribution < 1.29 is 0 Å². The molecule has 0 bridgehead atoms. The quantitative estimate of drug-likeness (QED) is 0.763. The van der Waals surface area contributed by atoms with E-state index in [1.165, 1.54) is 27.9 Å². The van der Waals surface area contributed by atoms with E-state index in [-0.39, 0.29) is 0 Å². The van der Waals surface area contributed by atoms with Gasteiger partial charge < -0.3 is 5.32 Å². The molecule has 0 fully saturated rings. The van der Waals surface area contributed by atoms with Gasteiger partial charge in [0.1, 0.15) is 0 Å². The molecule has 1 heterocycles. The summed E-state index contributed by atoms with van der Waals surface area (Å²) in [4.78, 5) is 1.62. The number of aryl methyl sites for hydroxylation is 1. The first-order chi connectivity index (χ1) is 8.20. The Kier molecular flexibility index (Phi) is 5.64. The monoisotopic (exact) mass is 381 g/mol. The Labute approximate surface area is 126 Å². The van der Waals surface area contributed by atoms with Crippen molar-refractivity contribution in [2.45, 2.75) is 32.2 Å². The molecule has 0 saturated carbocycles. The van der Waals surface area contributed by atoms with Gasteiger partial charge in [0.15, 0.2) is 0 Å². The Morgan fingerprint density at radius 2 is 2.47 bits per heavy atom. The zero-order valence-electron chi connectivity index (χ0n) is 10.5. The second kappa shape index (κ2) is 6.78. The number of hydrogen-bond acceptors (Lipinski definition) is 3. The third kappa shape index (κ3) is 3.85. The molecule has 1 aliphatic carbocycles. The van der Waals surface area contributed by atoms with Gasteiger partial charge >= 0.3 is 0 Å². The minimum atomic E-state index is 0.614. The van der Waals surface area contributed by atoms with Crippen LogP contribution in [0.3, 0.4) is 0 Å². The number of thiophene rings is 1. The Morgan fingerprint density at radius 1 is 1.65 bits per heavy atom. The molecule has 0 spiro atoms. The lowest BCUT2D eigenvalue weighted by atomic mass is 9.94. The Hall–Kier alpha value is 0.740. The highest BCUT2D eigenvalue weighted by atomic mass is 127. The number of rotatable bonds is 5. The van der Waals surface area contributed by atoms with Gasteiger partial charge in [-0.3, -0.25) is 0 Å². The van der Waals surface area contributed by atoms with Gasteiger partial charge in [-0.25, -0.2) is 0 Å². The summed E-state index contributed by atoms with van der Waals surface area (Å²) in [7, 11) is 0. The van der Waals surface area contributed by atoms with Crippen LogP contribution in [0.25, 0.3) is 0 Å². The van der Waals surface area contributed by atoms with Crippen LogP contribution in [0.1, 0.15) is 36.2 Å². The van der Waals surface area contributed by atoms with Crippen molar-refractivity contribution >= 4 is 45.7 Å². The first kappa shape index (κ1) is 14.2.